The first-order valence-corrected chi connectivity index (χ1v) is 10.0. The van der Waals surface area contributed by atoms with Crippen molar-refractivity contribution in [2.75, 3.05) is 5.75 Å². The highest BCUT2D eigenvalue weighted by molar-refractivity contribution is 7.99. The second-order valence-corrected chi connectivity index (χ2v) is 7.82. The van der Waals surface area contributed by atoms with Gasteiger partial charge in [0.05, 0.1) is 11.3 Å². The molecule has 3 rings (SSSR count). The summed E-state index contributed by atoms with van der Waals surface area (Å²) in [6.07, 6.45) is 5.35. The van der Waals surface area contributed by atoms with E-state index in [1.165, 1.54) is 24.6 Å². The first kappa shape index (κ1) is 18.0. The Hall–Kier alpha value is -1.76. The molecule has 1 saturated carbocycles. The fourth-order valence-electron chi connectivity index (χ4n) is 3.33. The van der Waals surface area contributed by atoms with Crippen molar-refractivity contribution >= 4 is 28.7 Å². The van der Waals surface area contributed by atoms with Crippen molar-refractivity contribution in [1.82, 2.24) is 19.9 Å². The maximum atomic E-state index is 12.9. The molecule has 2 heterocycles. The van der Waals surface area contributed by atoms with Crippen LogP contribution in [-0.4, -0.2) is 32.2 Å². The van der Waals surface area contributed by atoms with Gasteiger partial charge >= 0.3 is 0 Å². The van der Waals surface area contributed by atoms with E-state index >= 15 is 0 Å². The van der Waals surface area contributed by atoms with Crippen LogP contribution in [0.1, 0.15) is 57.7 Å². The van der Waals surface area contributed by atoms with Crippen molar-refractivity contribution in [2.45, 2.75) is 70.1 Å². The minimum absolute atomic E-state index is 0.0206. The Morgan fingerprint density at radius 1 is 1.48 bits per heavy atom. The van der Waals surface area contributed by atoms with Crippen molar-refractivity contribution in [3.8, 4) is 0 Å². The Bertz CT molecular complexity index is 820. The molecule has 1 aliphatic rings. The number of rotatable bonds is 6. The molecular weight excluding hydrogens is 336 g/mol. The summed E-state index contributed by atoms with van der Waals surface area (Å²) in [7, 11) is 0. The average molecular weight is 362 g/mol. The highest BCUT2D eigenvalue weighted by Gasteiger charge is 2.20. The molecule has 1 unspecified atom stereocenters. The molecule has 1 amide bonds. The van der Waals surface area contributed by atoms with Crippen LogP contribution in [0.2, 0.25) is 0 Å². The van der Waals surface area contributed by atoms with Crippen LogP contribution in [0.15, 0.2) is 16.0 Å². The van der Waals surface area contributed by atoms with E-state index < -0.39 is 0 Å². The van der Waals surface area contributed by atoms with Crippen LogP contribution in [-0.2, 0) is 4.79 Å². The number of nitrogens with zero attached hydrogens (tertiary/aromatic N) is 2. The summed E-state index contributed by atoms with van der Waals surface area (Å²) in [6.45, 7) is 5.96. The van der Waals surface area contributed by atoms with Crippen molar-refractivity contribution in [2.24, 2.45) is 0 Å². The lowest BCUT2D eigenvalue weighted by molar-refractivity contribution is -0.119. The van der Waals surface area contributed by atoms with Crippen molar-refractivity contribution < 1.29 is 4.79 Å². The van der Waals surface area contributed by atoms with Crippen molar-refractivity contribution in [1.29, 1.82) is 0 Å². The molecule has 0 radical (unpaired) electrons. The van der Waals surface area contributed by atoms with Gasteiger partial charge in [-0.25, -0.2) is 4.98 Å². The van der Waals surface area contributed by atoms with Crippen LogP contribution in [0.25, 0.3) is 11.0 Å². The van der Waals surface area contributed by atoms with Crippen molar-refractivity contribution in [3.05, 3.63) is 22.1 Å². The molecule has 2 aromatic rings. The number of H-pyrrole nitrogens is 1. The summed E-state index contributed by atoms with van der Waals surface area (Å²) in [5.74, 6) is 0.307. The van der Waals surface area contributed by atoms with Gasteiger partial charge in [0.2, 0.25) is 5.91 Å². The number of aromatic nitrogens is 3. The van der Waals surface area contributed by atoms with E-state index in [0.717, 1.165) is 25.0 Å². The first-order valence-electron chi connectivity index (χ1n) is 9.03. The Morgan fingerprint density at radius 2 is 2.20 bits per heavy atom. The van der Waals surface area contributed by atoms with Crippen LogP contribution >= 0.6 is 11.8 Å². The summed E-state index contributed by atoms with van der Waals surface area (Å²) in [5.41, 5.74) is 2.06. The number of carbonyl (C=O) groups excluding carboxylic acids is 1. The third kappa shape index (κ3) is 3.92. The monoisotopic (exact) mass is 362 g/mol. The fourth-order valence-corrected chi connectivity index (χ4v) is 4.24. The molecule has 1 atom stereocenters. The first-order chi connectivity index (χ1) is 12.0. The summed E-state index contributed by atoms with van der Waals surface area (Å²) in [5, 5.41) is 3.70. The highest BCUT2D eigenvalue weighted by atomic mass is 32.2. The quantitative estimate of drug-likeness (QED) is 0.611. The Morgan fingerprint density at radius 3 is 2.88 bits per heavy atom. The molecule has 25 heavy (non-hydrogen) atoms. The van der Waals surface area contributed by atoms with Gasteiger partial charge < -0.3 is 10.3 Å². The van der Waals surface area contributed by atoms with Crippen molar-refractivity contribution in [3.63, 3.8) is 0 Å². The number of thioether (sulfide) groups is 1. The molecular formula is C18H26N4O2S. The number of hydrogen-bond donors (Lipinski definition) is 2. The molecule has 0 aromatic carbocycles. The zero-order chi connectivity index (χ0) is 18.0. The molecule has 0 saturated heterocycles. The third-order valence-corrected chi connectivity index (χ3v) is 5.82. The summed E-state index contributed by atoms with van der Waals surface area (Å²) >= 11 is 1.35. The van der Waals surface area contributed by atoms with Gasteiger partial charge in [0.25, 0.3) is 5.56 Å². The number of amides is 1. The van der Waals surface area contributed by atoms with Gasteiger partial charge in [-0.2, -0.15) is 0 Å². The van der Waals surface area contributed by atoms with Crippen LogP contribution in [0.3, 0.4) is 0 Å². The van der Waals surface area contributed by atoms with Gasteiger partial charge in [0.1, 0.15) is 5.52 Å². The molecule has 136 valence electrons. The van der Waals surface area contributed by atoms with E-state index in [4.69, 9.17) is 0 Å². The lowest BCUT2D eigenvalue weighted by Crippen LogP contribution is -2.34. The minimum Gasteiger partial charge on any atom is -0.353 e. The van der Waals surface area contributed by atoms with Gasteiger partial charge in [-0.05, 0) is 39.2 Å². The minimum atomic E-state index is -0.0637. The standard InChI is InChI=1S/C18H26N4O2S/c1-4-12(3)22-17(24)16-14(9-11(2)19-16)21-18(22)25-10-15(23)20-13-7-5-6-8-13/h9,12-13,19H,4-8,10H2,1-3H3,(H,20,23). The predicted molar refractivity (Wildman–Crippen MR) is 101 cm³/mol. The summed E-state index contributed by atoms with van der Waals surface area (Å²) in [4.78, 5) is 32.8. The second-order valence-electron chi connectivity index (χ2n) is 6.88. The topological polar surface area (TPSA) is 79.8 Å². The van der Waals surface area contributed by atoms with Crippen LogP contribution in [0.4, 0.5) is 0 Å². The highest BCUT2D eigenvalue weighted by Crippen LogP contribution is 2.23. The van der Waals surface area contributed by atoms with E-state index in [2.05, 4.69) is 15.3 Å². The van der Waals surface area contributed by atoms with E-state index in [0.29, 0.717) is 22.2 Å². The number of hydrogen-bond acceptors (Lipinski definition) is 4. The zero-order valence-electron chi connectivity index (χ0n) is 15.1. The van der Waals surface area contributed by atoms with Gasteiger partial charge in [-0.15, -0.1) is 0 Å². The maximum absolute atomic E-state index is 12.9. The molecule has 2 aromatic heterocycles. The molecule has 7 heteroatoms. The summed E-state index contributed by atoms with van der Waals surface area (Å²) < 4.78 is 1.71. The van der Waals surface area contributed by atoms with Crippen LogP contribution in [0, 0.1) is 6.92 Å². The third-order valence-electron chi connectivity index (χ3n) is 4.87. The van der Waals surface area contributed by atoms with Crippen LogP contribution < -0.4 is 10.9 Å². The lowest BCUT2D eigenvalue weighted by Gasteiger charge is -2.17. The van der Waals surface area contributed by atoms with E-state index in [1.54, 1.807) is 4.57 Å². The summed E-state index contributed by atoms with van der Waals surface area (Å²) in [6, 6.07) is 2.22. The molecule has 1 aliphatic carbocycles. The number of aryl methyl sites for hydroxylation is 1. The van der Waals surface area contributed by atoms with Gasteiger partial charge in [0.15, 0.2) is 5.16 Å². The number of carbonyl (C=O) groups is 1. The largest absolute Gasteiger partial charge is 0.353 e. The predicted octanol–water partition coefficient (Wildman–Crippen LogP) is 3.15. The van der Waals surface area contributed by atoms with Gasteiger partial charge in [0, 0.05) is 17.8 Å². The van der Waals surface area contributed by atoms with Crippen LogP contribution in [0.5, 0.6) is 0 Å². The maximum Gasteiger partial charge on any atom is 0.278 e. The molecule has 0 spiro atoms. The molecule has 1 fully saturated rings. The SMILES string of the molecule is CCC(C)n1c(SCC(=O)NC2CCCC2)nc2cc(C)[nH]c2c1=O. The molecule has 0 aliphatic heterocycles. The Labute approximate surface area is 151 Å². The van der Waals surface area contributed by atoms with E-state index in [9.17, 15) is 9.59 Å². The number of nitrogens with one attached hydrogen (secondary N) is 2. The van der Waals surface area contributed by atoms with E-state index in [-0.39, 0.29) is 23.3 Å². The molecule has 2 N–H and O–H groups in total. The molecule has 0 bridgehead atoms. The van der Waals surface area contributed by atoms with E-state index in [1.807, 2.05) is 26.8 Å². The lowest BCUT2D eigenvalue weighted by atomic mass is 10.2. The smallest absolute Gasteiger partial charge is 0.278 e. The van der Waals surface area contributed by atoms with Gasteiger partial charge in [-0.1, -0.05) is 31.5 Å². The Kier molecular flexibility index (Phi) is 5.51. The molecule has 6 nitrogen and oxygen atoms in total. The van der Waals surface area contributed by atoms with Gasteiger partial charge in [-0.3, -0.25) is 14.2 Å². The number of fused-ring (bicyclic) bond motifs is 1. The normalized spacial score (nSPS) is 16.4. The fraction of sp³-hybridized carbons (Fsp3) is 0.611. The number of aromatic amines is 1. The Balaban J connectivity index is 1.83. The second kappa shape index (κ2) is 7.64. The average Bonchev–Trinajstić information content (AvgIpc) is 3.21. The zero-order valence-corrected chi connectivity index (χ0v) is 15.9.